The van der Waals surface area contributed by atoms with Crippen LogP contribution in [0.15, 0.2) is 66.7 Å². The molecule has 0 saturated heterocycles. The minimum absolute atomic E-state index is 0.523. The summed E-state index contributed by atoms with van der Waals surface area (Å²) >= 11 is 18.7. The highest BCUT2D eigenvalue weighted by Crippen LogP contribution is 2.31. The second-order valence-corrected chi connectivity index (χ2v) is 7.58. The summed E-state index contributed by atoms with van der Waals surface area (Å²) in [5.41, 5.74) is 4.30. The fourth-order valence-electron chi connectivity index (χ4n) is 3.19. The summed E-state index contributed by atoms with van der Waals surface area (Å²) in [6, 6.07) is 20.5. The van der Waals surface area contributed by atoms with E-state index in [-0.39, 0.29) is 0 Å². The number of imidazole rings is 1. The molecule has 0 N–H and O–H groups in total. The van der Waals surface area contributed by atoms with Gasteiger partial charge >= 0.3 is 0 Å². The molecule has 2 heterocycles. The van der Waals surface area contributed by atoms with E-state index in [2.05, 4.69) is 4.98 Å². The van der Waals surface area contributed by atoms with Crippen molar-refractivity contribution in [3.05, 3.63) is 81.8 Å². The Bertz CT molecular complexity index is 1340. The van der Waals surface area contributed by atoms with Crippen molar-refractivity contribution in [3.63, 3.8) is 0 Å². The van der Waals surface area contributed by atoms with Gasteiger partial charge in [0.25, 0.3) is 0 Å². The maximum absolute atomic E-state index is 6.26. The molecule has 136 valence electrons. The number of benzene rings is 3. The van der Waals surface area contributed by atoms with Crippen molar-refractivity contribution in [1.29, 1.82) is 0 Å². The molecule has 2 aromatic heterocycles. The van der Waals surface area contributed by atoms with E-state index in [1.54, 1.807) is 6.07 Å². The molecule has 0 aliphatic heterocycles. The average Bonchev–Trinajstić information content (AvgIpc) is 3.03. The van der Waals surface area contributed by atoms with Gasteiger partial charge in [0.15, 0.2) is 11.3 Å². The molecule has 0 bridgehead atoms. The van der Waals surface area contributed by atoms with Crippen LogP contribution in [0, 0.1) is 0 Å². The highest BCUT2D eigenvalue weighted by atomic mass is 35.5. The lowest BCUT2D eigenvalue weighted by atomic mass is 10.2. The lowest BCUT2D eigenvalue weighted by molar-refractivity contribution is 1.08. The Kier molecular flexibility index (Phi) is 4.20. The number of aromatic nitrogens is 4. The van der Waals surface area contributed by atoms with Crippen molar-refractivity contribution in [3.8, 4) is 17.1 Å². The number of hydrogen-bond donors (Lipinski definition) is 0. The Morgan fingerprint density at radius 3 is 2.07 bits per heavy atom. The Balaban J connectivity index is 1.90. The molecule has 0 amide bonds. The van der Waals surface area contributed by atoms with Gasteiger partial charge in [0.1, 0.15) is 5.82 Å². The standard InChI is InChI=1S/C21H11Cl3N4/c22-13-5-3-4-12(8-13)20-27-19-21(26-18-7-2-1-6-17(18)25-19)28(20)16-10-14(23)9-15(24)11-16/h1-11H. The molecular formula is C21H11Cl3N4. The van der Waals surface area contributed by atoms with Crippen LogP contribution in [0.5, 0.6) is 0 Å². The molecule has 0 aliphatic carbocycles. The number of hydrogen-bond acceptors (Lipinski definition) is 3. The zero-order chi connectivity index (χ0) is 19.3. The molecule has 0 fully saturated rings. The first-order chi connectivity index (χ1) is 13.6. The predicted octanol–water partition coefficient (Wildman–Crippen LogP) is 6.60. The Hall–Kier alpha value is -2.66. The van der Waals surface area contributed by atoms with Gasteiger partial charge in [0.05, 0.1) is 16.7 Å². The summed E-state index contributed by atoms with van der Waals surface area (Å²) in [6.07, 6.45) is 0. The van der Waals surface area contributed by atoms with Crippen molar-refractivity contribution < 1.29 is 0 Å². The van der Waals surface area contributed by atoms with E-state index in [4.69, 9.17) is 44.8 Å². The van der Waals surface area contributed by atoms with E-state index >= 15 is 0 Å². The van der Waals surface area contributed by atoms with Crippen LogP contribution in [0.2, 0.25) is 15.1 Å². The fraction of sp³-hybridized carbons (Fsp3) is 0. The molecule has 5 rings (SSSR count). The third kappa shape index (κ3) is 3.00. The predicted molar refractivity (Wildman–Crippen MR) is 115 cm³/mol. The number of nitrogens with zero attached hydrogens (tertiary/aromatic N) is 4. The average molecular weight is 426 g/mol. The molecule has 0 aliphatic rings. The first-order valence-electron chi connectivity index (χ1n) is 8.46. The van der Waals surface area contributed by atoms with Gasteiger partial charge in [-0.15, -0.1) is 0 Å². The van der Waals surface area contributed by atoms with Crippen molar-refractivity contribution in [2.45, 2.75) is 0 Å². The quantitative estimate of drug-likeness (QED) is 0.320. The molecule has 7 heteroatoms. The van der Waals surface area contributed by atoms with Crippen LogP contribution < -0.4 is 0 Å². The lowest BCUT2D eigenvalue weighted by Gasteiger charge is -2.10. The molecule has 0 unspecified atom stereocenters. The molecule has 5 aromatic rings. The molecule has 0 saturated carbocycles. The van der Waals surface area contributed by atoms with Gasteiger partial charge in [-0.3, -0.25) is 4.57 Å². The van der Waals surface area contributed by atoms with Gasteiger partial charge in [-0.2, -0.15) is 0 Å². The maximum atomic E-state index is 6.26. The lowest BCUT2D eigenvalue weighted by Crippen LogP contribution is -1.99. The van der Waals surface area contributed by atoms with Gasteiger partial charge < -0.3 is 0 Å². The van der Waals surface area contributed by atoms with Gasteiger partial charge in [-0.1, -0.05) is 59.1 Å². The molecule has 28 heavy (non-hydrogen) atoms. The summed E-state index contributed by atoms with van der Waals surface area (Å²) in [4.78, 5) is 14.2. The van der Waals surface area contributed by atoms with Gasteiger partial charge in [-0.05, 0) is 42.5 Å². The van der Waals surface area contributed by atoms with Crippen LogP contribution in [-0.4, -0.2) is 19.5 Å². The van der Waals surface area contributed by atoms with Crippen LogP contribution in [0.25, 0.3) is 39.4 Å². The Morgan fingerprint density at radius 2 is 1.36 bits per heavy atom. The second-order valence-electron chi connectivity index (χ2n) is 6.27. The number of para-hydroxylation sites is 2. The largest absolute Gasteiger partial charge is 0.275 e. The topological polar surface area (TPSA) is 43.6 Å². The second kappa shape index (κ2) is 6.74. The summed E-state index contributed by atoms with van der Waals surface area (Å²) < 4.78 is 1.90. The SMILES string of the molecule is Clc1cccc(-c2nc3nc4ccccc4nc3n2-c2cc(Cl)cc(Cl)c2)c1. The number of fused-ring (bicyclic) bond motifs is 2. The van der Waals surface area contributed by atoms with E-state index < -0.39 is 0 Å². The first-order valence-corrected chi connectivity index (χ1v) is 9.59. The van der Waals surface area contributed by atoms with E-state index in [9.17, 15) is 0 Å². The minimum atomic E-state index is 0.523. The van der Waals surface area contributed by atoms with Crippen LogP contribution in [0.4, 0.5) is 0 Å². The fourth-order valence-corrected chi connectivity index (χ4v) is 3.90. The molecule has 0 atom stereocenters. The molecule has 4 nitrogen and oxygen atoms in total. The number of rotatable bonds is 2. The van der Waals surface area contributed by atoms with Crippen LogP contribution in [0.1, 0.15) is 0 Å². The third-order valence-corrected chi connectivity index (χ3v) is 5.03. The van der Waals surface area contributed by atoms with Crippen molar-refractivity contribution in [1.82, 2.24) is 19.5 Å². The molecule has 0 spiro atoms. The van der Waals surface area contributed by atoms with Crippen molar-refractivity contribution >= 4 is 57.1 Å². The molecular weight excluding hydrogens is 415 g/mol. The molecule has 3 aromatic carbocycles. The zero-order valence-electron chi connectivity index (χ0n) is 14.3. The highest BCUT2D eigenvalue weighted by molar-refractivity contribution is 6.35. The highest BCUT2D eigenvalue weighted by Gasteiger charge is 2.18. The van der Waals surface area contributed by atoms with E-state index in [1.807, 2.05) is 65.2 Å². The molecule has 0 radical (unpaired) electrons. The number of halogens is 3. The van der Waals surface area contributed by atoms with E-state index in [0.717, 1.165) is 22.3 Å². The van der Waals surface area contributed by atoms with Gasteiger partial charge in [0, 0.05) is 20.6 Å². The maximum Gasteiger partial charge on any atom is 0.199 e. The minimum Gasteiger partial charge on any atom is -0.275 e. The van der Waals surface area contributed by atoms with Crippen molar-refractivity contribution in [2.24, 2.45) is 0 Å². The zero-order valence-corrected chi connectivity index (χ0v) is 16.5. The van der Waals surface area contributed by atoms with Crippen LogP contribution in [-0.2, 0) is 0 Å². The first kappa shape index (κ1) is 17.4. The normalized spacial score (nSPS) is 11.4. The van der Waals surface area contributed by atoms with E-state index in [0.29, 0.717) is 32.2 Å². The van der Waals surface area contributed by atoms with Gasteiger partial charge in [-0.25, -0.2) is 15.0 Å². The van der Waals surface area contributed by atoms with Crippen LogP contribution in [0.3, 0.4) is 0 Å². The van der Waals surface area contributed by atoms with E-state index in [1.165, 1.54) is 0 Å². The Labute approximate surface area is 175 Å². The summed E-state index contributed by atoms with van der Waals surface area (Å²) in [5.74, 6) is 0.658. The summed E-state index contributed by atoms with van der Waals surface area (Å²) in [6.45, 7) is 0. The Morgan fingerprint density at radius 1 is 0.643 bits per heavy atom. The van der Waals surface area contributed by atoms with Gasteiger partial charge in [0.2, 0.25) is 0 Å². The summed E-state index contributed by atoms with van der Waals surface area (Å²) in [5, 5.41) is 1.66. The third-order valence-electron chi connectivity index (χ3n) is 4.36. The smallest absolute Gasteiger partial charge is 0.199 e. The van der Waals surface area contributed by atoms with Crippen LogP contribution >= 0.6 is 34.8 Å². The summed E-state index contributed by atoms with van der Waals surface area (Å²) in [7, 11) is 0. The van der Waals surface area contributed by atoms with Crippen molar-refractivity contribution in [2.75, 3.05) is 0 Å². The monoisotopic (exact) mass is 424 g/mol.